The molecule has 1 amide bonds. The van der Waals surface area contributed by atoms with Crippen LogP contribution in [-0.2, 0) is 19.7 Å². The number of hydrogen-bond donors (Lipinski definition) is 0. The first kappa shape index (κ1) is 19.4. The lowest BCUT2D eigenvalue weighted by molar-refractivity contribution is -0.148. The van der Waals surface area contributed by atoms with Crippen LogP contribution in [0.1, 0.15) is 57.3 Å². The molecule has 0 aromatic carbocycles. The summed E-state index contributed by atoms with van der Waals surface area (Å²) in [4.78, 5) is 26.0. The number of rotatable bonds is 5. The summed E-state index contributed by atoms with van der Waals surface area (Å²) in [6, 6.07) is 0. The van der Waals surface area contributed by atoms with Gasteiger partial charge in [-0.1, -0.05) is 11.8 Å². The predicted octanol–water partition coefficient (Wildman–Crippen LogP) is 3.04. The molecular formula is C21H29N3O4S. The average Bonchev–Trinajstić information content (AvgIpc) is 3.20. The van der Waals surface area contributed by atoms with E-state index in [0.29, 0.717) is 36.9 Å². The van der Waals surface area contributed by atoms with Gasteiger partial charge in [-0.05, 0) is 69.1 Å². The number of esters is 1. The van der Waals surface area contributed by atoms with E-state index < -0.39 is 0 Å². The van der Waals surface area contributed by atoms with Crippen molar-refractivity contribution >= 4 is 23.6 Å². The van der Waals surface area contributed by atoms with Gasteiger partial charge >= 0.3 is 5.97 Å². The van der Waals surface area contributed by atoms with Gasteiger partial charge in [-0.2, -0.15) is 0 Å². The fourth-order valence-electron chi connectivity index (χ4n) is 6.60. The van der Waals surface area contributed by atoms with Crippen LogP contribution in [-0.4, -0.2) is 52.9 Å². The number of hydrogen-bond acceptors (Lipinski definition) is 7. The number of piperidine rings is 1. The zero-order chi connectivity index (χ0) is 20.0. The van der Waals surface area contributed by atoms with Crippen LogP contribution in [0.5, 0.6) is 0 Å². The highest BCUT2D eigenvalue weighted by atomic mass is 32.2. The zero-order valence-corrected chi connectivity index (χ0v) is 17.8. The number of aromatic nitrogens is 2. The SMILES string of the molecule is COC(=O)C1CCN(C(=O)CSc2nnc(C34CC5CC(CC(C5)C3)C4)o2)CC1. The summed E-state index contributed by atoms with van der Waals surface area (Å²) in [5.41, 5.74) is 0.0976. The van der Waals surface area contributed by atoms with Crippen LogP contribution in [0.15, 0.2) is 9.64 Å². The van der Waals surface area contributed by atoms with Gasteiger partial charge in [-0.25, -0.2) is 0 Å². The highest BCUT2D eigenvalue weighted by Gasteiger charge is 2.54. The second-order valence-corrected chi connectivity index (χ2v) is 10.5. The minimum Gasteiger partial charge on any atom is -0.469 e. The Kier molecular flexibility index (Phi) is 5.08. The quantitative estimate of drug-likeness (QED) is 0.536. The highest BCUT2D eigenvalue weighted by Crippen LogP contribution is 2.60. The van der Waals surface area contributed by atoms with E-state index in [2.05, 4.69) is 10.2 Å². The van der Waals surface area contributed by atoms with Crippen LogP contribution < -0.4 is 0 Å². The standard InChI is InChI=1S/C21H29N3O4S/c1-27-18(26)16-2-4-24(5-3-16)17(25)12-29-20-23-22-19(28-20)21-9-13-6-14(10-21)8-15(7-13)11-21/h13-16H,2-12H2,1H3. The third kappa shape index (κ3) is 3.68. The van der Waals surface area contributed by atoms with Crippen LogP contribution in [0, 0.1) is 23.7 Å². The van der Waals surface area contributed by atoms with Crippen molar-refractivity contribution in [2.24, 2.45) is 23.7 Å². The first-order valence-corrected chi connectivity index (χ1v) is 11.9. The number of carbonyl (C=O) groups is 2. The van der Waals surface area contributed by atoms with Gasteiger partial charge in [0, 0.05) is 18.5 Å². The summed E-state index contributed by atoms with van der Waals surface area (Å²) in [7, 11) is 1.42. The van der Waals surface area contributed by atoms with Gasteiger partial charge in [-0.15, -0.1) is 10.2 Å². The summed E-state index contributed by atoms with van der Waals surface area (Å²) in [5.74, 6) is 3.41. The molecule has 4 saturated carbocycles. The van der Waals surface area contributed by atoms with Gasteiger partial charge in [-0.3, -0.25) is 9.59 Å². The van der Waals surface area contributed by atoms with E-state index in [9.17, 15) is 9.59 Å². The molecule has 1 aromatic rings. The lowest BCUT2D eigenvalue weighted by Gasteiger charge is -2.55. The van der Waals surface area contributed by atoms with Crippen molar-refractivity contribution in [3.8, 4) is 0 Å². The monoisotopic (exact) mass is 419 g/mol. The van der Waals surface area contributed by atoms with Crippen molar-refractivity contribution in [1.29, 1.82) is 0 Å². The Bertz CT molecular complexity index is 751. The van der Waals surface area contributed by atoms with E-state index in [-0.39, 0.29) is 23.2 Å². The van der Waals surface area contributed by atoms with Crippen molar-refractivity contribution in [1.82, 2.24) is 15.1 Å². The molecular weight excluding hydrogens is 390 g/mol. The highest BCUT2D eigenvalue weighted by molar-refractivity contribution is 7.99. The maximum absolute atomic E-state index is 12.5. The smallest absolute Gasteiger partial charge is 0.308 e. The molecule has 0 N–H and O–H groups in total. The second-order valence-electron chi connectivity index (χ2n) is 9.54. The largest absolute Gasteiger partial charge is 0.469 e. The molecule has 4 bridgehead atoms. The molecule has 5 fully saturated rings. The number of likely N-dealkylation sites (tertiary alicyclic amines) is 1. The molecule has 2 heterocycles. The van der Waals surface area contributed by atoms with Crippen molar-refractivity contribution in [3.63, 3.8) is 0 Å². The minimum absolute atomic E-state index is 0.0628. The number of thioether (sulfide) groups is 1. The number of ether oxygens (including phenoxy) is 1. The Morgan fingerprint density at radius 3 is 2.31 bits per heavy atom. The van der Waals surface area contributed by atoms with Crippen molar-refractivity contribution in [2.45, 2.75) is 62.0 Å². The normalized spacial score (nSPS) is 33.8. The van der Waals surface area contributed by atoms with Gasteiger partial charge in [0.05, 0.1) is 18.8 Å². The Balaban J connectivity index is 1.16. The maximum atomic E-state index is 12.5. The van der Waals surface area contributed by atoms with Crippen molar-refractivity contribution in [2.75, 3.05) is 26.0 Å². The van der Waals surface area contributed by atoms with E-state index in [4.69, 9.17) is 9.15 Å². The number of amides is 1. The van der Waals surface area contributed by atoms with Gasteiger partial charge in [0.15, 0.2) is 0 Å². The summed E-state index contributed by atoms with van der Waals surface area (Å²) in [6.07, 6.45) is 9.07. The first-order chi connectivity index (χ1) is 14.0. The maximum Gasteiger partial charge on any atom is 0.308 e. The molecule has 1 aromatic heterocycles. The fourth-order valence-corrected chi connectivity index (χ4v) is 7.27. The van der Waals surface area contributed by atoms with Crippen LogP contribution in [0.2, 0.25) is 0 Å². The van der Waals surface area contributed by atoms with Gasteiger partial charge in [0.1, 0.15) is 0 Å². The molecule has 7 nitrogen and oxygen atoms in total. The minimum atomic E-state index is -0.172. The van der Waals surface area contributed by atoms with Crippen LogP contribution in [0.3, 0.4) is 0 Å². The van der Waals surface area contributed by atoms with Gasteiger partial charge in [0.25, 0.3) is 5.22 Å². The number of nitrogens with zero attached hydrogens (tertiary/aromatic N) is 3. The Labute approximate surface area is 175 Å². The van der Waals surface area contributed by atoms with Crippen molar-refractivity contribution in [3.05, 3.63) is 5.89 Å². The topological polar surface area (TPSA) is 85.5 Å². The molecule has 6 rings (SSSR count). The van der Waals surface area contributed by atoms with E-state index in [1.165, 1.54) is 57.4 Å². The van der Waals surface area contributed by atoms with Gasteiger partial charge < -0.3 is 14.1 Å². The summed E-state index contributed by atoms with van der Waals surface area (Å²) < 4.78 is 10.9. The van der Waals surface area contributed by atoms with E-state index >= 15 is 0 Å². The first-order valence-electron chi connectivity index (χ1n) is 10.9. The van der Waals surface area contributed by atoms with Crippen LogP contribution in [0.4, 0.5) is 0 Å². The lowest BCUT2D eigenvalue weighted by Crippen LogP contribution is -2.48. The van der Waals surface area contributed by atoms with E-state index in [0.717, 1.165) is 23.6 Å². The van der Waals surface area contributed by atoms with E-state index in [1.807, 2.05) is 4.90 Å². The van der Waals surface area contributed by atoms with Crippen LogP contribution in [0.25, 0.3) is 0 Å². The average molecular weight is 420 g/mol. The second kappa shape index (κ2) is 7.60. The summed E-state index contributed by atoms with van der Waals surface area (Å²) in [6.45, 7) is 1.20. The van der Waals surface area contributed by atoms with Crippen LogP contribution >= 0.6 is 11.8 Å². The van der Waals surface area contributed by atoms with E-state index in [1.54, 1.807) is 0 Å². The predicted molar refractivity (Wildman–Crippen MR) is 106 cm³/mol. The molecule has 158 valence electrons. The third-order valence-corrected chi connectivity index (χ3v) is 8.40. The van der Waals surface area contributed by atoms with Crippen molar-refractivity contribution < 1.29 is 18.7 Å². The molecule has 1 aliphatic heterocycles. The van der Waals surface area contributed by atoms with Gasteiger partial charge in [0.2, 0.25) is 11.8 Å². The Morgan fingerprint density at radius 2 is 1.72 bits per heavy atom. The Morgan fingerprint density at radius 1 is 1.10 bits per heavy atom. The zero-order valence-electron chi connectivity index (χ0n) is 17.0. The lowest BCUT2D eigenvalue weighted by atomic mass is 9.49. The third-order valence-electron chi connectivity index (χ3n) is 7.60. The Hall–Kier alpha value is -1.57. The molecule has 1 saturated heterocycles. The molecule has 0 unspecified atom stereocenters. The molecule has 5 aliphatic rings. The summed E-state index contributed by atoms with van der Waals surface area (Å²) >= 11 is 1.34. The summed E-state index contributed by atoms with van der Waals surface area (Å²) in [5, 5.41) is 9.18. The molecule has 29 heavy (non-hydrogen) atoms. The number of methoxy groups -OCH3 is 1. The molecule has 4 aliphatic carbocycles. The molecule has 0 spiro atoms. The molecule has 8 heteroatoms. The fraction of sp³-hybridized carbons (Fsp3) is 0.810. The molecule has 0 atom stereocenters. The number of carbonyl (C=O) groups excluding carboxylic acids is 2. The molecule has 0 radical (unpaired) electrons.